The van der Waals surface area contributed by atoms with Gasteiger partial charge in [-0.25, -0.2) is 0 Å². The Bertz CT molecular complexity index is 609. The monoisotopic (exact) mass is 256 g/mol. The smallest absolute Gasteiger partial charge is 0.255 e. The second kappa shape index (κ2) is 5.44. The number of aryl methyl sites for hydroxylation is 1. The lowest BCUT2D eigenvalue weighted by atomic mass is 10.1. The number of benzene rings is 2. The number of anilines is 2. The summed E-state index contributed by atoms with van der Waals surface area (Å²) in [5.41, 5.74) is 8.05. The van der Waals surface area contributed by atoms with E-state index in [4.69, 9.17) is 5.73 Å². The Hall–Kier alpha value is -2.49. The molecule has 0 atom stereocenters. The van der Waals surface area contributed by atoms with Gasteiger partial charge in [0.15, 0.2) is 0 Å². The zero-order valence-electron chi connectivity index (χ0n) is 10.7. The van der Waals surface area contributed by atoms with Gasteiger partial charge < -0.3 is 16.2 Å². The minimum absolute atomic E-state index is 0.0227. The predicted octanol–water partition coefficient (Wildman–Crippen LogP) is 2.79. The van der Waals surface area contributed by atoms with E-state index < -0.39 is 0 Å². The molecule has 0 radical (unpaired) electrons. The highest BCUT2D eigenvalue weighted by Crippen LogP contribution is 2.22. The van der Waals surface area contributed by atoms with Crippen LogP contribution in [0.25, 0.3) is 0 Å². The van der Waals surface area contributed by atoms with E-state index in [2.05, 4.69) is 5.32 Å². The molecule has 98 valence electrons. The van der Waals surface area contributed by atoms with E-state index in [1.807, 2.05) is 31.2 Å². The molecular weight excluding hydrogens is 240 g/mol. The number of rotatable bonds is 3. The minimum atomic E-state index is -0.243. The normalized spacial score (nSPS) is 10.2. The zero-order chi connectivity index (χ0) is 13.8. The van der Waals surface area contributed by atoms with Gasteiger partial charge in [-0.1, -0.05) is 25.1 Å². The van der Waals surface area contributed by atoms with Crippen molar-refractivity contribution in [3.05, 3.63) is 53.6 Å². The summed E-state index contributed by atoms with van der Waals surface area (Å²) in [4.78, 5) is 12.1. The predicted molar refractivity (Wildman–Crippen MR) is 76.3 cm³/mol. The number of phenols is 1. The molecule has 0 saturated heterocycles. The molecule has 2 rings (SSSR count). The molecule has 0 saturated carbocycles. The molecule has 2 aromatic rings. The number of amides is 1. The fourth-order valence-electron chi connectivity index (χ4n) is 1.84. The average Bonchev–Trinajstić information content (AvgIpc) is 2.42. The molecule has 0 aliphatic heterocycles. The summed E-state index contributed by atoms with van der Waals surface area (Å²) >= 11 is 0. The van der Waals surface area contributed by atoms with Crippen molar-refractivity contribution in [1.29, 1.82) is 0 Å². The van der Waals surface area contributed by atoms with Crippen LogP contribution in [0, 0.1) is 0 Å². The van der Waals surface area contributed by atoms with Crippen molar-refractivity contribution in [2.24, 2.45) is 0 Å². The van der Waals surface area contributed by atoms with Crippen LogP contribution in [0.4, 0.5) is 11.4 Å². The van der Waals surface area contributed by atoms with Gasteiger partial charge in [0.25, 0.3) is 5.91 Å². The van der Waals surface area contributed by atoms with Gasteiger partial charge in [-0.05, 0) is 36.2 Å². The summed E-state index contributed by atoms with van der Waals surface area (Å²) in [5, 5.41) is 12.2. The van der Waals surface area contributed by atoms with Gasteiger partial charge in [-0.2, -0.15) is 0 Å². The molecule has 1 amide bonds. The number of phenolic OH excluding ortho intramolecular Hbond substituents is 1. The Balaban J connectivity index is 2.23. The summed E-state index contributed by atoms with van der Waals surface area (Å²) in [6.07, 6.45) is 0.841. The molecule has 2 aromatic carbocycles. The van der Waals surface area contributed by atoms with Crippen molar-refractivity contribution in [3.63, 3.8) is 0 Å². The number of aromatic hydroxyl groups is 1. The van der Waals surface area contributed by atoms with Crippen LogP contribution in [0.5, 0.6) is 5.75 Å². The van der Waals surface area contributed by atoms with Crippen molar-refractivity contribution in [2.45, 2.75) is 13.3 Å². The van der Waals surface area contributed by atoms with Crippen LogP contribution in [0.1, 0.15) is 22.8 Å². The molecule has 0 aliphatic rings. The first-order chi connectivity index (χ1) is 9.11. The third kappa shape index (κ3) is 2.85. The summed E-state index contributed by atoms with van der Waals surface area (Å²) in [6, 6.07) is 12.1. The van der Waals surface area contributed by atoms with Crippen LogP contribution in [0.15, 0.2) is 42.5 Å². The van der Waals surface area contributed by atoms with Crippen molar-refractivity contribution in [2.75, 3.05) is 11.1 Å². The van der Waals surface area contributed by atoms with Crippen molar-refractivity contribution in [3.8, 4) is 5.75 Å². The molecule has 4 heteroatoms. The number of nitrogens with two attached hydrogens (primary N) is 1. The first kappa shape index (κ1) is 13.0. The number of nitrogen functional groups attached to an aromatic ring is 1. The highest BCUT2D eigenvalue weighted by molar-refractivity contribution is 6.05. The van der Waals surface area contributed by atoms with Gasteiger partial charge in [0, 0.05) is 11.3 Å². The van der Waals surface area contributed by atoms with Crippen molar-refractivity contribution in [1.82, 2.24) is 0 Å². The number of hydrogen-bond donors (Lipinski definition) is 3. The summed E-state index contributed by atoms with van der Waals surface area (Å²) in [7, 11) is 0. The van der Waals surface area contributed by atoms with Crippen LogP contribution in [0.3, 0.4) is 0 Å². The van der Waals surface area contributed by atoms with Gasteiger partial charge in [-0.3, -0.25) is 4.79 Å². The highest BCUT2D eigenvalue weighted by atomic mass is 16.3. The molecule has 0 bridgehead atoms. The third-order valence-electron chi connectivity index (χ3n) is 2.94. The van der Waals surface area contributed by atoms with Crippen LogP contribution in [-0.4, -0.2) is 11.0 Å². The largest absolute Gasteiger partial charge is 0.506 e. The number of carbonyl (C=O) groups excluding carboxylic acids is 1. The van der Waals surface area contributed by atoms with E-state index in [1.54, 1.807) is 0 Å². The zero-order valence-corrected chi connectivity index (χ0v) is 10.7. The van der Waals surface area contributed by atoms with Gasteiger partial charge in [0.2, 0.25) is 0 Å². The Labute approximate surface area is 111 Å². The fourth-order valence-corrected chi connectivity index (χ4v) is 1.84. The van der Waals surface area contributed by atoms with Crippen molar-refractivity contribution >= 4 is 17.3 Å². The molecule has 19 heavy (non-hydrogen) atoms. The van der Waals surface area contributed by atoms with Crippen LogP contribution < -0.4 is 11.1 Å². The van der Waals surface area contributed by atoms with Crippen molar-refractivity contribution < 1.29 is 9.90 Å². The van der Waals surface area contributed by atoms with E-state index in [0.29, 0.717) is 5.56 Å². The maximum atomic E-state index is 12.1. The fraction of sp³-hybridized carbons (Fsp3) is 0.133. The highest BCUT2D eigenvalue weighted by Gasteiger charge is 2.09. The maximum absolute atomic E-state index is 12.1. The van der Waals surface area contributed by atoms with E-state index in [-0.39, 0.29) is 17.3 Å². The first-order valence-electron chi connectivity index (χ1n) is 6.09. The Morgan fingerprint density at radius 2 is 2.00 bits per heavy atom. The van der Waals surface area contributed by atoms with Gasteiger partial charge in [0.05, 0.1) is 5.69 Å². The lowest BCUT2D eigenvalue weighted by molar-refractivity contribution is 0.102. The third-order valence-corrected chi connectivity index (χ3v) is 2.94. The Morgan fingerprint density at radius 3 is 2.68 bits per heavy atom. The van der Waals surface area contributed by atoms with E-state index in [0.717, 1.165) is 17.7 Å². The lowest BCUT2D eigenvalue weighted by Crippen LogP contribution is -2.13. The summed E-state index contributed by atoms with van der Waals surface area (Å²) < 4.78 is 0. The number of nitrogens with one attached hydrogen (secondary N) is 1. The standard InChI is InChI=1S/C15H16N2O2/c1-2-10-5-3-4-6-13(10)17-15(19)11-7-8-14(18)12(16)9-11/h3-9,18H,2,16H2,1H3,(H,17,19). The SMILES string of the molecule is CCc1ccccc1NC(=O)c1ccc(O)c(N)c1. The topological polar surface area (TPSA) is 75.3 Å². The molecule has 0 spiro atoms. The van der Waals surface area contributed by atoms with Gasteiger partial charge in [-0.15, -0.1) is 0 Å². The average molecular weight is 256 g/mol. The van der Waals surface area contributed by atoms with Crippen LogP contribution in [-0.2, 0) is 6.42 Å². The maximum Gasteiger partial charge on any atom is 0.255 e. The van der Waals surface area contributed by atoms with E-state index >= 15 is 0 Å². The minimum Gasteiger partial charge on any atom is -0.506 e. The molecule has 0 unspecified atom stereocenters. The summed E-state index contributed by atoms with van der Waals surface area (Å²) in [6.45, 7) is 2.03. The molecule has 4 nitrogen and oxygen atoms in total. The second-order valence-corrected chi connectivity index (χ2v) is 4.24. The molecule has 0 fully saturated rings. The molecule has 0 aliphatic carbocycles. The van der Waals surface area contributed by atoms with Crippen LogP contribution >= 0.6 is 0 Å². The Morgan fingerprint density at radius 1 is 1.26 bits per heavy atom. The molecule has 0 heterocycles. The van der Waals surface area contributed by atoms with E-state index in [1.165, 1.54) is 18.2 Å². The molecule has 0 aromatic heterocycles. The number of hydrogen-bond acceptors (Lipinski definition) is 3. The van der Waals surface area contributed by atoms with Gasteiger partial charge >= 0.3 is 0 Å². The Kier molecular flexibility index (Phi) is 3.71. The van der Waals surface area contributed by atoms with Crippen LogP contribution in [0.2, 0.25) is 0 Å². The molecule has 4 N–H and O–H groups in total. The summed E-state index contributed by atoms with van der Waals surface area (Å²) in [5.74, 6) is -0.266. The van der Waals surface area contributed by atoms with E-state index in [9.17, 15) is 9.90 Å². The number of carbonyl (C=O) groups is 1. The molecular formula is C15H16N2O2. The first-order valence-corrected chi connectivity index (χ1v) is 6.09. The lowest BCUT2D eigenvalue weighted by Gasteiger charge is -2.10. The number of para-hydroxylation sites is 1. The second-order valence-electron chi connectivity index (χ2n) is 4.24. The quantitative estimate of drug-likeness (QED) is 0.584. The van der Waals surface area contributed by atoms with Gasteiger partial charge in [0.1, 0.15) is 5.75 Å².